The monoisotopic (exact) mass is 272 g/mol. The van der Waals surface area contributed by atoms with Gasteiger partial charge in [0.2, 0.25) is 5.03 Å². The molecule has 1 aromatic rings. The van der Waals surface area contributed by atoms with Gasteiger partial charge >= 0.3 is 0 Å². The van der Waals surface area contributed by atoms with E-state index in [-0.39, 0.29) is 5.41 Å². The highest BCUT2D eigenvalue weighted by atomic mass is 32.2. The third-order valence-corrected chi connectivity index (χ3v) is 4.69. The van der Waals surface area contributed by atoms with E-state index in [0.29, 0.717) is 6.54 Å². The van der Waals surface area contributed by atoms with Gasteiger partial charge in [0.15, 0.2) is 5.82 Å². The first-order valence-corrected chi connectivity index (χ1v) is 7.58. The van der Waals surface area contributed by atoms with Crippen LogP contribution < -0.4 is 4.72 Å². The zero-order valence-electron chi connectivity index (χ0n) is 10.3. The minimum absolute atomic E-state index is 0.0904. The van der Waals surface area contributed by atoms with Gasteiger partial charge in [-0.05, 0) is 36.8 Å². The van der Waals surface area contributed by atoms with E-state index < -0.39 is 20.9 Å². The molecule has 0 saturated heterocycles. The summed E-state index contributed by atoms with van der Waals surface area (Å²) in [6.45, 7) is 2.45. The fourth-order valence-corrected chi connectivity index (χ4v) is 3.26. The Balaban J connectivity index is 2.07. The van der Waals surface area contributed by atoms with Crippen LogP contribution in [0.25, 0.3) is 0 Å². The quantitative estimate of drug-likeness (QED) is 0.862. The van der Waals surface area contributed by atoms with Gasteiger partial charge in [0.1, 0.15) is 0 Å². The highest BCUT2D eigenvalue weighted by Gasteiger charge is 2.42. The maximum atomic E-state index is 13.4. The van der Waals surface area contributed by atoms with Crippen LogP contribution in [0.4, 0.5) is 4.39 Å². The molecule has 1 aliphatic rings. The second-order valence-corrected chi connectivity index (χ2v) is 6.55. The number of hydrogen-bond donors (Lipinski definition) is 1. The number of halogens is 1. The molecule has 4 nitrogen and oxygen atoms in total. The minimum atomic E-state index is -3.84. The summed E-state index contributed by atoms with van der Waals surface area (Å²) < 4.78 is 39.7. The predicted octanol–water partition coefficient (Wildman–Crippen LogP) is 2.08. The summed E-state index contributed by atoms with van der Waals surface area (Å²) in [5, 5.41) is -0.516. The van der Waals surface area contributed by atoms with E-state index in [1.807, 2.05) is 0 Å². The maximum Gasteiger partial charge on any atom is 0.261 e. The molecule has 0 spiro atoms. The lowest BCUT2D eigenvalue weighted by Gasteiger charge is -2.14. The topological polar surface area (TPSA) is 59.1 Å². The molecule has 1 fully saturated rings. The van der Waals surface area contributed by atoms with Crippen LogP contribution in [0.15, 0.2) is 23.4 Å². The van der Waals surface area contributed by atoms with Crippen LogP contribution in [0.3, 0.4) is 0 Å². The molecule has 1 saturated carbocycles. The van der Waals surface area contributed by atoms with Crippen LogP contribution in [0.1, 0.15) is 32.6 Å². The lowest BCUT2D eigenvalue weighted by atomic mass is 10.0. The number of nitrogens with one attached hydrogen (secondary N) is 1. The molecular formula is C12H17FN2O2S. The Labute approximate surface area is 107 Å². The molecule has 0 atom stereocenters. The molecule has 2 rings (SSSR count). The summed E-state index contributed by atoms with van der Waals surface area (Å²) in [5.74, 6) is -0.815. The molecule has 1 N–H and O–H groups in total. The molecule has 0 bridgehead atoms. The average molecular weight is 272 g/mol. The number of rotatable bonds is 6. The first-order chi connectivity index (χ1) is 8.49. The molecule has 1 aliphatic carbocycles. The molecule has 1 aromatic heterocycles. The van der Waals surface area contributed by atoms with Crippen molar-refractivity contribution >= 4 is 10.0 Å². The van der Waals surface area contributed by atoms with Crippen molar-refractivity contribution in [1.29, 1.82) is 0 Å². The van der Waals surface area contributed by atoms with Gasteiger partial charge in [-0.1, -0.05) is 13.3 Å². The molecule has 18 heavy (non-hydrogen) atoms. The van der Waals surface area contributed by atoms with Gasteiger partial charge in [0.25, 0.3) is 10.0 Å². The molecule has 0 unspecified atom stereocenters. The van der Waals surface area contributed by atoms with E-state index in [1.165, 1.54) is 12.3 Å². The fourth-order valence-electron chi connectivity index (χ4n) is 2.11. The Hall–Kier alpha value is -1.01. The number of aromatic nitrogens is 1. The van der Waals surface area contributed by atoms with Crippen LogP contribution in [0.2, 0.25) is 0 Å². The second-order valence-electron chi connectivity index (χ2n) is 4.86. The molecule has 100 valence electrons. The minimum Gasteiger partial charge on any atom is -0.241 e. The summed E-state index contributed by atoms with van der Waals surface area (Å²) in [6.07, 6.45) is 5.37. The Morgan fingerprint density at radius 1 is 1.50 bits per heavy atom. The number of nitrogens with zero attached hydrogens (tertiary/aromatic N) is 1. The number of pyridine rings is 1. The largest absolute Gasteiger partial charge is 0.261 e. The lowest BCUT2D eigenvalue weighted by molar-refractivity contribution is 0.447. The molecule has 0 aliphatic heterocycles. The van der Waals surface area contributed by atoms with E-state index in [4.69, 9.17) is 0 Å². The van der Waals surface area contributed by atoms with Crippen molar-refractivity contribution in [2.45, 2.75) is 37.6 Å². The zero-order chi connectivity index (χ0) is 13.2. The third kappa shape index (κ3) is 2.87. The van der Waals surface area contributed by atoms with Gasteiger partial charge in [0.05, 0.1) is 0 Å². The summed E-state index contributed by atoms with van der Waals surface area (Å²) in [4.78, 5) is 3.59. The van der Waals surface area contributed by atoms with Gasteiger partial charge in [-0.15, -0.1) is 0 Å². The van der Waals surface area contributed by atoms with Gasteiger partial charge in [-0.3, -0.25) is 0 Å². The van der Waals surface area contributed by atoms with Gasteiger partial charge in [0, 0.05) is 12.7 Å². The Kier molecular flexibility index (Phi) is 3.68. The second kappa shape index (κ2) is 4.93. The zero-order valence-corrected chi connectivity index (χ0v) is 11.1. The van der Waals surface area contributed by atoms with Crippen molar-refractivity contribution in [3.63, 3.8) is 0 Å². The number of hydrogen-bond acceptors (Lipinski definition) is 3. The van der Waals surface area contributed by atoms with Crippen LogP contribution in [0.5, 0.6) is 0 Å². The van der Waals surface area contributed by atoms with Crippen molar-refractivity contribution in [3.05, 3.63) is 24.1 Å². The third-order valence-electron chi connectivity index (χ3n) is 3.35. The van der Waals surface area contributed by atoms with E-state index >= 15 is 0 Å². The summed E-state index contributed by atoms with van der Waals surface area (Å²) >= 11 is 0. The summed E-state index contributed by atoms with van der Waals surface area (Å²) in [5.41, 5.74) is 0.0904. The molecule has 0 amide bonds. The summed E-state index contributed by atoms with van der Waals surface area (Å²) in [6, 6.07) is 2.47. The van der Waals surface area contributed by atoms with E-state index in [1.54, 1.807) is 0 Å². The van der Waals surface area contributed by atoms with Crippen LogP contribution in [0, 0.1) is 11.2 Å². The maximum absolute atomic E-state index is 13.4. The van der Waals surface area contributed by atoms with Gasteiger partial charge < -0.3 is 0 Å². The van der Waals surface area contributed by atoms with Gasteiger partial charge in [-0.2, -0.15) is 0 Å². The molecule has 0 aromatic carbocycles. The lowest BCUT2D eigenvalue weighted by Crippen LogP contribution is -2.31. The molecule has 6 heteroatoms. The standard InChI is InChI=1S/C12H17FN2O2S/c1-2-5-12(6-7-12)9-15-18(16,17)11-10(13)4-3-8-14-11/h3-4,8,15H,2,5-7,9H2,1H3. The first kappa shape index (κ1) is 13.4. The van der Waals surface area contributed by atoms with E-state index in [9.17, 15) is 12.8 Å². The van der Waals surface area contributed by atoms with Crippen molar-refractivity contribution in [2.75, 3.05) is 6.54 Å². The molecule has 1 heterocycles. The van der Waals surface area contributed by atoms with Crippen molar-refractivity contribution in [2.24, 2.45) is 5.41 Å². The fraction of sp³-hybridized carbons (Fsp3) is 0.583. The number of sulfonamides is 1. The highest BCUT2D eigenvalue weighted by molar-refractivity contribution is 7.89. The predicted molar refractivity (Wildman–Crippen MR) is 66.0 cm³/mol. The van der Waals surface area contributed by atoms with Gasteiger partial charge in [-0.25, -0.2) is 22.5 Å². The molecule has 0 radical (unpaired) electrons. The van der Waals surface area contributed by atoms with Crippen LogP contribution >= 0.6 is 0 Å². The van der Waals surface area contributed by atoms with E-state index in [0.717, 1.165) is 31.7 Å². The van der Waals surface area contributed by atoms with Crippen molar-refractivity contribution < 1.29 is 12.8 Å². The normalized spacial score (nSPS) is 17.7. The van der Waals surface area contributed by atoms with Crippen LogP contribution in [-0.4, -0.2) is 19.9 Å². The molecular weight excluding hydrogens is 255 g/mol. The van der Waals surface area contributed by atoms with E-state index in [2.05, 4.69) is 16.6 Å². The Morgan fingerprint density at radius 2 is 2.22 bits per heavy atom. The SMILES string of the molecule is CCCC1(CNS(=O)(=O)c2ncccc2F)CC1. The first-order valence-electron chi connectivity index (χ1n) is 6.09. The summed E-state index contributed by atoms with van der Waals surface area (Å²) in [7, 11) is -3.84. The highest BCUT2D eigenvalue weighted by Crippen LogP contribution is 2.49. The Morgan fingerprint density at radius 3 is 2.78 bits per heavy atom. The Bertz CT molecular complexity index is 527. The van der Waals surface area contributed by atoms with Crippen LogP contribution in [-0.2, 0) is 10.0 Å². The smallest absolute Gasteiger partial charge is 0.241 e. The van der Waals surface area contributed by atoms with Crippen molar-refractivity contribution in [3.8, 4) is 0 Å². The average Bonchev–Trinajstić information content (AvgIpc) is 3.08. The van der Waals surface area contributed by atoms with Crippen molar-refractivity contribution in [1.82, 2.24) is 9.71 Å².